The van der Waals surface area contributed by atoms with E-state index in [-0.39, 0.29) is 0 Å². The van der Waals surface area contributed by atoms with Gasteiger partial charge in [0.25, 0.3) is 0 Å². The van der Waals surface area contributed by atoms with Crippen molar-refractivity contribution >= 4 is 106 Å². The number of hydrogen-bond donors (Lipinski definition) is 8. The summed E-state index contributed by atoms with van der Waals surface area (Å²) < 4.78 is 0. The standard InChI is InChI=1S/C24H20N6S5/c25-9-3-1-5-11-19(9)29-21-13(33-11)7-15(23(31)17(21)27)35-16-8-14-22(18(28)24(16)32)30-20-10(26)4-2-6-12(20)34-14/h1-8,29-32H,25-28H2. The quantitative estimate of drug-likeness (QED) is 0.0833. The lowest BCUT2D eigenvalue weighted by molar-refractivity contribution is 1.15. The lowest BCUT2D eigenvalue weighted by atomic mass is 10.2. The van der Waals surface area contributed by atoms with Gasteiger partial charge >= 0.3 is 0 Å². The molecule has 0 unspecified atom stereocenters. The molecule has 0 aromatic heterocycles. The zero-order chi connectivity index (χ0) is 24.4. The number of nitrogens with two attached hydrogens (primary N) is 4. The number of benzene rings is 4. The molecule has 0 saturated heterocycles. The minimum Gasteiger partial charge on any atom is -0.397 e. The van der Waals surface area contributed by atoms with Gasteiger partial charge < -0.3 is 33.6 Å². The summed E-state index contributed by atoms with van der Waals surface area (Å²) in [5.74, 6) is 0. The first-order valence-corrected chi connectivity index (χ1v) is 13.8. The van der Waals surface area contributed by atoms with Gasteiger partial charge in [-0.15, -0.1) is 25.3 Å². The third kappa shape index (κ3) is 3.73. The van der Waals surface area contributed by atoms with E-state index in [9.17, 15) is 0 Å². The fourth-order valence-corrected chi connectivity index (χ4v) is 7.97. The van der Waals surface area contributed by atoms with Gasteiger partial charge in [-0.25, -0.2) is 0 Å². The van der Waals surface area contributed by atoms with Crippen molar-refractivity contribution in [3.05, 3.63) is 48.5 Å². The monoisotopic (exact) mass is 552 g/mol. The van der Waals surface area contributed by atoms with Gasteiger partial charge in [0.05, 0.1) is 45.5 Å². The maximum Gasteiger partial charge on any atom is 0.0772 e. The molecule has 0 radical (unpaired) electrons. The van der Waals surface area contributed by atoms with E-state index in [1.54, 1.807) is 23.5 Å². The molecule has 6 nitrogen and oxygen atoms in total. The molecule has 11 heteroatoms. The van der Waals surface area contributed by atoms with Gasteiger partial charge in [-0.2, -0.15) is 0 Å². The molecule has 2 aliphatic heterocycles. The van der Waals surface area contributed by atoms with Gasteiger partial charge in [0.15, 0.2) is 0 Å². The first kappa shape index (κ1) is 22.9. The van der Waals surface area contributed by atoms with Crippen LogP contribution in [0.3, 0.4) is 0 Å². The molecule has 0 fully saturated rings. The molecule has 0 aliphatic carbocycles. The van der Waals surface area contributed by atoms with Crippen LogP contribution < -0.4 is 33.6 Å². The zero-order valence-corrected chi connectivity index (χ0v) is 22.3. The van der Waals surface area contributed by atoms with E-state index in [4.69, 9.17) is 48.2 Å². The van der Waals surface area contributed by atoms with E-state index in [1.807, 2.05) is 36.4 Å². The van der Waals surface area contributed by atoms with Crippen molar-refractivity contribution in [1.82, 2.24) is 0 Å². The summed E-state index contributed by atoms with van der Waals surface area (Å²) in [6.07, 6.45) is 0. The predicted molar refractivity (Wildman–Crippen MR) is 157 cm³/mol. The van der Waals surface area contributed by atoms with Crippen LogP contribution in [0.25, 0.3) is 0 Å². The first-order valence-electron chi connectivity index (χ1n) is 10.5. The molecular weight excluding hydrogens is 533 g/mol. The number of nitrogen functional groups attached to an aromatic ring is 4. The minimum atomic E-state index is 0.571. The summed E-state index contributed by atoms with van der Waals surface area (Å²) in [6, 6.07) is 15.9. The highest BCUT2D eigenvalue weighted by Gasteiger charge is 2.26. The number of nitrogens with one attached hydrogen (secondary N) is 2. The fraction of sp³-hybridized carbons (Fsp3) is 0. The summed E-state index contributed by atoms with van der Waals surface area (Å²) in [4.78, 5) is 7.32. The summed E-state index contributed by atoms with van der Waals surface area (Å²) in [5.41, 5.74) is 31.3. The number of para-hydroxylation sites is 2. The number of rotatable bonds is 2. The molecule has 4 aromatic rings. The van der Waals surface area contributed by atoms with E-state index in [0.29, 0.717) is 32.5 Å². The smallest absolute Gasteiger partial charge is 0.0772 e. The third-order valence-electron chi connectivity index (χ3n) is 5.81. The number of thiol groups is 2. The second-order valence-corrected chi connectivity index (χ2v) is 12.2. The van der Waals surface area contributed by atoms with Gasteiger partial charge in [-0.05, 0) is 36.4 Å². The Morgan fingerprint density at radius 2 is 1.03 bits per heavy atom. The highest BCUT2D eigenvalue weighted by atomic mass is 32.2. The van der Waals surface area contributed by atoms with E-state index >= 15 is 0 Å². The van der Waals surface area contributed by atoms with Crippen LogP contribution in [0.2, 0.25) is 0 Å². The Balaban J connectivity index is 1.39. The predicted octanol–water partition coefficient (Wildman–Crippen LogP) is 7.16. The Morgan fingerprint density at radius 3 is 1.46 bits per heavy atom. The van der Waals surface area contributed by atoms with Crippen LogP contribution in [0, 0.1) is 0 Å². The van der Waals surface area contributed by atoms with Gasteiger partial charge in [0.1, 0.15) is 0 Å². The highest BCUT2D eigenvalue weighted by Crippen LogP contribution is 2.55. The normalized spacial score (nSPS) is 13.1. The molecule has 0 amide bonds. The lowest BCUT2D eigenvalue weighted by Crippen LogP contribution is -2.07. The summed E-state index contributed by atoms with van der Waals surface area (Å²) in [5, 5.41) is 6.80. The average Bonchev–Trinajstić information content (AvgIpc) is 2.84. The van der Waals surface area contributed by atoms with Crippen molar-refractivity contribution in [2.45, 2.75) is 39.2 Å². The topological polar surface area (TPSA) is 128 Å². The van der Waals surface area contributed by atoms with Gasteiger partial charge in [-0.3, -0.25) is 0 Å². The molecule has 4 aromatic carbocycles. The van der Waals surface area contributed by atoms with Crippen molar-refractivity contribution in [2.24, 2.45) is 0 Å². The Morgan fingerprint density at radius 1 is 0.600 bits per heavy atom. The van der Waals surface area contributed by atoms with Crippen LogP contribution in [-0.4, -0.2) is 0 Å². The van der Waals surface area contributed by atoms with Crippen molar-refractivity contribution in [3.8, 4) is 0 Å². The zero-order valence-electron chi connectivity index (χ0n) is 18.0. The fourth-order valence-electron chi connectivity index (χ4n) is 4.00. The Labute approximate surface area is 226 Å². The lowest BCUT2D eigenvalue weighted by Gasteiger charge is -2.26. The van der Waals surface area contributed by atoms with Crippen molar-refractivity contribution in [2.75, 3.05) is 33.6 Å². The highest BCUT2D eigenvalue weighted by molar-refractivity contribution is 8.01. The maximum atomic E-state index is 6.54. The minimum absolute atomic E-state index is 0.571. The van der Waals surface area contributed by atoms with E-state index < -0.39 is 0 Å². The number of hydrogen-bond acceptors (Lipinski definition) is 11. The molecule has 6 rings (SSSR count). The number of fused-ring (bicyclic) bond motifs is 4. The Bertz CT molecular complexity index is 1440. The van der Waals surface area contributed by atoms with Gasteiger partial charge in [-0.1, -0.05) is 47.4 Å². The molecule has 0 spiro atoms. The van der Waals surface area contributed by atoms with Crippen molar-refractivity contribution in [3.63, 3.8) is 0 Å². The molecule has 10 N–H and O–H groups in total. The molecule has 176 valence electrons. The Hall–Kier alpha value is -2.57. The molecule has 0 bridgehead atoms. The van der Waals surface area contributed by atoms with Gasteiger partial charge in [0.2, 0.25) is 0 Å². The second kappa shape index (κ2) is 8.52. The molecule has 0 atom stereocenters. The second-order valence-electron chi connectivity index (χ2n) is 8.02. The van der Waals surface area contributed by atoms with Crippen LogP contribution in [0.4, 0.5) is 45.5 Å². The SMILES string of the molecule is Nc1cccc2c1Nc1c(cc(Sc3cc4c(c(N)c3S)Nc3c(N)cccc3S4)c(S)c1N)S2. The third-order valence-corrected chi connectivity index (χ3v) is 10.4. The molecule has 35 heavy (non-hydrogen) atoms. The maximum absolute atomic E-state index is 6.54. The van der Waals surface area contributed by atoms with Gasteiger partial charge in [0, 0.05) is 39.2 Å². The summed E-state index contributed by atoms with van der Waals surface area (Å²) in [6.45, 7) is 0. The molecule has 0 saturated carbocycles. The summed E-state index contributed by atoms with van der Waals surface area (Å²) in [7, 11) is 0. The molecule has 2 aliphatic rings. The van der Waals surface area contributed by atoms with E-state index in [0.717, 1.165) is 52.1 Å². The van der Waals surface area contributed by atoms with Crippen LogP contribution in [-0.2, 0) is 0 Å². The molecular formula is C24H20N6S5. The molecule has 2 heterocycles. The first-order chi connectivity index (χ1) is 16.8. The van der Waals surface area contributed by atoms with E-state index in [2.05, 4.69) is 22.8 Å². The Kier molecular flexibility index (Phi) is 5.57. The summed E-state index contributed by atoms with van der Waals surface area (Å²) >= 11 is 14.3. The van der Waals surface area contributed by atoms with Crippen LogP contribution in [0.15, 0.2) is 87.7 Å². The van der Waals surface area contributed by atoms with Crippen LogP contribution in [0.1, 0.15) is 0 Å². The largest absolute Gasteiger partial charge is 0.397 e. The van der Waals surface area contributed by atoms with Crippen LogP contribution >= 0.6 is 60.5 Å². The van der Waals surface area contributed by atoms with Crippen LogP contribution in [0.5, 0.6) is 0 Å². The number of anilines is 8. The van der Waals surface area contributed by atoms with Crippen molar-refractivity contribution < 1.29 is 0 Å². The van der Waals surface area contributed by atoms with Crippen molar-refractivity contribution in [1.29, 1.82) is 0 Å². The average molecular weight is 553 g/mol. The van der Waals surface area contributed by atoms with E-state index in [1.165, 1.54) is 11.8 Å².